The van der Waals surface area contributed by atoms with Crippen LogP contribution in [0, 0.1) is 24.7 Å². The molecule has 2 aliphatic rings. The number of hydrogen-bond donors (Lipinski definition) is 1. The topological polar surface area (TPSA) is 20.2 Å². The first kappa shape index (κ1) is 14.1. The minimum absolute atomic E-state index is 0.337. The van der Waals surface area contributed by atoms with Gasteiger partial charge >= 0.3 is 0 Å². The number of benzene rings is 1. The van der Waals surface area contributed by atoms with Crippen LogP contribution in [0.3, 0.4) is 0 Å². The van der Waals surface area contributed by atoms with Crippen molar-refractivity contribution >= 4 is 31.9 Å². The number of aryl methyl sites for hydroxylation is 1. The van der Waals surface area contributed by atoms with Gasteiger partial charge in [-0.05, 0) is 73.6 Å². The van der Waals surface area contributed by atoms with Crippen molar-refractivity contribution in [1.29, 1.82) is 0 Å². The second kappa shape index (κ2) is 5.50. The van der Waals surface area contributed by atoms with Gasteiger partial charge in [-0.1, -0.05) is 38.3 Å². The standard InChI is InChI=1S/C16H20Br2O/c1-9-4-15(18)13(8-14(9)17)16(19)7-12-6-10-2-3-11(12)5-10/h4,8,10-12,16,19H,2-3,5-7H2,1H3. The van der Waals surface area contributed by atoms with Crippen molar-refractivity contribution in [2.75, 3.05) is 0 Å². The van der Waals surface area contributed by atoms with Crippen molar-refractivity contribution in [3.8, 4) is 0 Å². The highest BCUT2D eigenvalue weighted by Crippen LogP contribution is 2.51. The predicted molar refractivity (Wildman–Crippen MR) is 85.1 cm³/mol. The highest BCUT2D eigenvalue weighted by Gasteiger charge is 2.40. The minimum atomic E-state index is -0.337. The van der Waals surface area contributed by atoms with Crippen LogP contribution in [0.4, 0.5) is 0 Å². The van der Waals surface area contributed by atoms with Crippen LogP contribution in [0.5, 0.6) is 0 Å². The van der Waals surface area contributed by atoms with E-state index in [-0.39, 0.29) is 6.10 Å². The lowest BCUT2D eigenvalue weighted by atomic mass is 9.83. The van der Waals surface area contributed by atoms with Crippen molar-refractivity contribution in [2.24, 2.45) is 17.8 Å². The van der Waals surface area contributed by atoms with Gasteiger partial charge in [-0.15, -0.1) is 0 Å². The third-order valence-electron chi connectivity index (χ3n) is 5.05. The van der Waals surface area contributed by atoms with Crippen LogP contribution in [0.15, 0.2) is 21.1 Å². The van der Waals surface area contributed by atoms with Crippen molar-refractivity contribution in [1.82, 2.24) is 0 Å². The van der Waals surface area contributed by atoms with Gasteiger partial charge < -0.3 is 5.11 Å². The summed E-state index contributed by atoms with van der Waals surface area (Å²) in [6.45, 7) is 2.07. The third kappa shape index (κ3) is 2.79. The molecular weight excluding hydrogens is 368 g/mol. The van der Waals surface area contributed by atoms with Crippen LogP contribution >= 0.6 is 31.9 Å². The molecule has 2 aliphatic carbocycles. The lowest BCUT2D eigenvalue weighted by Gasteiger charge is -2.25. The molecule has 4 atom stereocenters. The number of fused-ring (bicyclic) bond motifs is 2. The zero-order valence-electron chi connectivity index (χ0n) is 11.2. The number of rotatable bonds is 3. The Morgan fingerprint density at radius 1 is 1.21 bits per heavy atom. The van der Waals surface area contributed by atoms with Crippen LogP contribution < -0.4 is 0 Å². The highest BCUT2D eigenvalue weighted by molar-refractivity contribution is 9.11. The summed E-state index contributed by atoms with van der Waals surface area (Å²) in [4.78, 5) is 0. The maximum Gasteiger partial charge on any atom is 0.0804 e. The maximum absolute atomic E-state index is 10.6. The lowest BCUT2D eigenvalue weighted by molar-refractivity contribution is 0.125. The molecule has 1 nitrogen and oxygen atoms in total. The van der Waals surface area contributed by atoms with Crippen molar-refractivity contribution in [2.45, 2.75) is 45.1 Å². The number of aliphatic hydroxyl groups excluding tert-OH is 1. The molecular formula is C16H20Br2O. The van der Waals surface area contributed by atoms with E-state index < -0.39 is 0 Å². The summed E-state index contributed by atoms with van der Waals surface area (Å²) in [6.07, 6.45) is 6.16. The maximum atomic E-state index is 10.6. The van der Waals surface area contributed by atoms with Crippen molar-refractivity contribution < 1.29 is 5.11 Å². The summed E-state index contributed by atoms with van der Waals surface area (Å²) in [5.41, 5.74) is 2.22. The molecule has 0 heterocycles. The summed E-state index contributed by atoms with van der Waals surface area (Å²) in [7, 11) is 0. The Bertz CT molecular complexity index is 486. The number of aliphatic hydroxyl groups is 1. The van der Waals surface area contributed by atoms with Gasteiger partial charge in [-0.3, -0.25) is 0 Å². The summed E-state index contributed by atoms with van der Waals surface area (Å²) < 4.78 is 2.11. The molecule has 0 aliphatic heterocycles. The summed E-state index contributed by atoms with van der Waals surface area (Å²) >= 11 is 7.15. The van der Waals surface area contributed by atoms with Crippen molar-refractivity contribution in [3.63, 3.8) is 0 Å². The zero-order chi connectivity index (χ0) is 13.6. The summed E-state index contributed by atoms with van der Waals surface area (Å²) in [6, 6.07) is 4.15. The van der Waals surface area contributed by atoms with Crippen LogP contribution in [-0.4, -0.2) is 5.11 Å². The average Bonchev–Trinajstić information content (AvgIpc) is 2.95. The van der Waals surface area contributed by atoms with E-state index in [0.29, 0.717) is 0 Å². The van der Waals surface area contributed by atoms with Gasteiger partial charge in [0.1, 0.15) is 0 Å². The van der Waals surface area contributed by atoms with E-state index in [9.17, 15) is 5.11 Å². The molecule has 1 aromatic rings. The minimum Gasteiger partial charge on any atom is -0.388 e. The summed E-state index contributed by atoms with van der Waals surface area (Å²) in [5.74, 6) is 2.57. The van der Waals surface area contributed by atoms with Gasteiger partial charge in [0, 0.05) is 8.95 Å². The van der Waals surface area contributed by atoms with Gasteiger partial charge in [-0.25, -0.2) is 0 Å². The normalized spacial score (nSPS) is 30.8. The Balaban J connectivity index is 1.73. The van der Waals surface area contributed by atoms with Gasteiger partial charge in [-0.2, -0.15) is 0 Å². The molecule has 1 N–H and O–H groups in total. The Morgan fingerprint density at radius 3 is 2.63 bits per heavy atom. The van der Waals surface area contributed by atoms with E-state index in [1.165, 1.54) is 31.2 Å². The molecule has 2 fully saturated rings. The fourth-order valence-electron chi connectivity index (χ4n) is 4.00. The molecule has 0 amide bonds. The molecule has 2 bridgehead atoms. The molecule has 2 saturated carbocycles. The Labute approximate surface area is 132 Å². The number of halogens is 2. The zero-order valence-corrected chi connectivity index (χ0v) is 14.4. The molecule has 0 aromatic heterocycles. The molecule has 0 radical (unpaired) electrons. The van der Waals surface area contributed by atoms with Gasteiger partial charge in [0.05, 0.1) is 6.10 Å². The molecule has 3 heteroatoms. The molecule has 104 valence electrons. The first-order valence-electron chi connectivity index (χ1n) is 7.18. The van der Waals surface area contributed by atoms with E-state index in [1.807, 2.05) is 0 Å². The second-order valence-corrected chi connectivity index (χ2v) is 8.02. The Morgan fingerprint density at radius 2 is 2.00 bits per heavy atom. The summed E-state index contributed by atoms with van der Waals surface area (Å²) in [5, 5.41) is 10.6. The predicted octanol–water partition coefficient (Wildman–Crippen LogP) is 5.38. The molecule has 4 unspecified atom stereocenters. The Kier molecular flexibility index (Phi) is 4.08. The largest absolute Gasteiger partial charge is 0.388 e. The molecule has 1 aromatic carbocycles. The fraction of sp³-hybridized carbons (Fsp3) is 0.625. The van der Waals surface area contributed by atoms with E-state index >= 15 is 0 Å². The SMILES string of the molecule is Cc1cc(Br)c(C(O)CC2CC3CCC2C3)cc1Br. The average molecular weight is 388 g/mol. The molecule has 3 rings (SSSR count). The van der Waals surface area contributed by atoms with Gasteiger partial charge in [0.25, 0.3) is 0 Å². The van der Waals surface area contributed by atoms with Crippen LogP contribution in [0.25, 0.3) is 0 Å². The van der Waals surface area contributed by atoms with Gasteiger partial charge in [0.2, 0.25) is 0 Å². The van der Waals surface area contributed by atoms with E-state index in [4.69, 9.17) is 0 Å². The lowest BCUT2D eigenvalue weighted by Crippen LogP contribution is -2.14. The van der Waals surface area contributed by atoms with Crippen LogP contribution in [0.2, 0.25) is 0 Å². The van der Waals surface area contributed by atoms with E-state index in [2.05, 4.69) is 50.9 Å². The third-order valence-corrected chi connectivity index (χ3v) is 6.59. The van der Waals surface area contributed by atoms with Crippen molar-refractivity contribution in [3.05, 3.63) is 32.2 Å². The monoisotopic (exact) mass is 386 g/mol. The van der Waals surface area contributed by atoms with Gasteiger partial charge in [0.15, 0.2) is 0 Å². The Hall–Kier alpha value is 0.140. The van der Waals surface area contributed by atoms with Crippen LogP contribution in [-0.2, 0) is 0 Å². The quantitative estimate of drug-likeness (QED) is 0.737. The first-order valence-corrected chi connectivity index (χ1v) is 8.76. The fourth-order valence-corrected chi connectivity index (χ4v) is 5.08. The molecule has 0 saturated heterocycles. The number of hydrogen-bond acceptors (Lipinski definition) is 1. The molecule has 19 heavy (non-hydrogen) atoms. The smallest absolute Gasteiger partial charge is 0.0804 e. The highest BCUT2D eigenvalue weighted by atomic mass is 79.9. The van der Waals surface area contributed by atoms with E-state index in [0.717, 1.165) is 38.7 Å². The molecule has 0 spiro atoms. The first-order chi connectivity index (χ1) is 9.04. The van der Waals surface area contributed by atoms with Crippen LogP contribution in [0.1, 0.15) is 49.3 Å². The second-order valence-electron chi connectivity index (χ2n) is 6.31. The van der Waals surface area contributed by atoms with E-state index in [1.54, 1.807) is 0 Å².